The molecule has 0 unspecified atom stereocenters. The number of benzene rings is 2. The highest BCUT2D eigenvalue weighted by Gasteiger charge is 2.16. The molecule has 0 fully saturated rings. The number of fused-ring (bicyclic) bond motifs is 1. The lowest BCUT2D eigenvalue weighted by Crippen LogP contribution is -2.03. The first-order valence-electron chi connectivity index (χ1n) is 8.86. The molecule has 1 heterocycles. The maximum atomic E-state index is 5.61. The van der Waals surface area contributed by atoms with E-state index in [9.17, 15) is 0 Å². The number of para-hydroxylation sites is 1. The Hall–Kier alpha value is -3.08. The van der Waals surface area contributed by atoms with Crippen LogP contribution in [0.1, 0.15) is 24.6 Å². The molecule has 0 radical (unpaired) electrons. The van der Waals surface area contributed by atoms with Crippen LogP contribution in [0, 0.1) is 6.92 Å². The van der Waals surface area contributed by atoms with Crippen molar-refractivity contribution in [1.29, 1.82) is 0 Å². The summed E-state index contributed by atoms with van der Waals surface area (Å²) in [5.74, 6) is 1.49. The normalized spacial score (nSPS) is 11.5. The number of hydrogen-bond acceptors (Lipinski definition) is 5. The van der Waals surface area contributed by atoms with Crippen molar-refractivity contribution >= 4 is 16.6 Å². The Labute approximate surface area is 159 Å². The van der Waals surface area contributed by atoms with Crippen LogP contribution in [-0.2, 0) is 4.84 Å². The zero-order valence-corrected chi connectivity index (χ0v) is 16.4. The SMILES string of the molecule is CC/C(=N/OC)c1cc(C)nc2c(-c3ccc(OC)cc3OC)cccc12. The van der Waals surface area contributed by atoms with Gasteiger partial charge in [0.2, 0.25) is 0 Å². The molecule has 1 aromatic heterocycles. The molecule has 0 saturated heterocycles. The molecule has 3 rings (SSSR count). The molecule has 27 heavy (non-hydrogen) atoms. The third-order valence-electron chi connectivity index (χ3n) is 4.51. The fraction of sp³-hybridized carbons (Fsp3) is 0.273. The summed E-state index contributed by atoms with van der Waals surface area (Å²) in [7, 11) is 4.87. The lowest BCUT2D eigenvalue weighted by Gasteiger charge is -2.15. The number of pyridine rings is 1. The average molecular weight is 364 g/mol. The van der Waals surface area contributed by atoms with Crippen LogP contribution in [0.4, 0.5) is 0 Å². The third-order valence-corrected chi connectivity index (χ3v) is 4.51. The van der Waals surface area contributed by atoms with E-state index in [4.69, 9.17) is 19.3 Å². The van der Waals surface area contributed by atoms with E-state index in [2.05, 4.69) is 30.3 Å². The lowest BCUT2D eigenvalue weighted by atomic mass is 9.96. The smallest absolute Gasteiger partial charge is 0.130 e. The molecule has 0 aliphatic heterocycles. The second-order valence-corrected chi connectivity index (χ2v) is 6.15. The zero-order valence-electron chi connectivity index (χ0n) is 16.4. The van der Waals surface area contributed by atoms with Crippen LogP contribution < -0.4 is 9.47 Å². The molecule has 0 spiro atoms. The fourth-order valence-electron chi connectivity index (χ4n) is 3.27. The van der Waals surface area contributed by atoms with Crippen molar-refractivity contribution in [1.82, 2.24) is 4.98 Å². The van der Waals surface area contributed by atoms with Gasteiger partial charge >= 0.3 is 0 Å². The Morgan fingerprint density at radius 3 is 2.48 bits per heavy atom. The van der Waals surface area contributed by atoms with Crippen LogP contribution in [-0.4, -0.2) is 32.0 Å². The molecule has 0 aliphatic rings. The molecule has 2 aromatic carbocycles. The van der Waals surface area contributed by atoms with E-state index in [1.807, 2.05) is 31.2 Å². The lowest BCUT2D eigenvalue weighted by molar-refractivity contribution is 0.213. The quantitative estimate of drug-likeness (QED) is 0.457. The van der Waals surface area contributed by atoms with Gasteiger partial charge < -0.3 is 14.3 Å². The molecule has 0 bridgehead atoms. The van der Waals surface area contributed by atoms with Gasteiger partial charge in [0.05, 0.1) is 25.4 Å². The first-order chi connectivity index (χ1) is 13.1. The molecule has 140 valence electrons. The van der Waals surface area contributed by atoms with Gasteiger partial charge in [0, 0.05) is 33.8 Å². The van der Waals surface area contributed by atoms with Crippen LogP contribution in [0.25, 0.3) is 22.0 Å². The molecule has 0 N–H and O–H groups in total. The summed E-state index contributed by atoms with van der Waals surface area (Å²) in [6.45, 7) is 4.06. The van der Waals surface area contributed by atoms with Gasteiger partial charge in [-0.15, -0.1) is 0 Å². The van der Waals surface area contributed by atoms with E-state index in [1.54, 1.807) is 21.3 Å². The summed E-state index contributed by atoms with van der Waals surface area (Å²) >= 11 is 0. The molecule has 3 aromatic rings. The Bertz CT molecular complexity index is 996. The van der Waals surface area contributed by atoms with Gasteiger partial charge in [-0.1, -0.05) is 30.3 Å². The number of ether oxygens (including phenoxy) is 2. The number of nitrogens with zero attached hydrogens (tertiary/aromatic N) is 2. The van der Waals surface area contributed by atoms with E-state index in [-0.39, 0.29) is 0 Å². The summed E-state index contributed by atoms with van der Waals surface area (Å²) in [6.07, 6.45) is 0.766. The highest BCUT2D eigenvalue weighted by molar-refractivity contribution is 6.12. The van der Waals surface area contributed by atoms with Gasteiger partial charge in [0.15, 0.2) is 0 Å². The fourth-order valence-corrected chi connectivity index (χ4v) is 3.27. The average Bonchev–Trinajstić information content (AvgIpc) is 2.70. The molecule has 0 aliphatic carbocycles. The Morgan fingerprint density at radius 2 is 1.81 bits per heavy atom. The summed E-state index contributed by atoms with van der Waals surface area (Å²) in [5.41, 5.74) is 5.74. The molecule has 5 nitrogen and oxygen atoms in total. The minimum absolute atomic E-state index is 0.743. The van der Waals surface area contributed by atoms with E-state index in [0.29, 0.717) is 0 Å². The number of oxime groups is 1. The number of rotatable bonds is 6. The van der Waals surface area contributed by atoms with E-state index >= 15 is 0 Å². The number of aryl methyl sites for hydroxylation is 1. The topological polar surface area (TPSA) is 52.9 Å². The van der Waals surface area contributed by atoms with Crippen molar-refractivity contribution < 1.29 is 14.3 Å². The standard InChI is InChI=1S/C22H24N2O3/c1-6-20(24-27-5)19-12-14(2)23-22-17(8-7-9-18(19)22)16-11-10-15(25-3)13-21(16)26-4/h7-13H,6H2,1-5H3/b24-20-. The zero-order chi connectivity index (χ0) is 19.4. The largest absolute Gasteiger partial charge is 0.497 e. The number of aromatic nitrogens is 1. The van der Waals surface area contributed by atoms with Crippen molar-refractivity contribution in [3.8, 4) is 22.6 Å². The van der Waals surface area contributed by atoms with Gasteiger partial charge in [0.1, 0.15) is 18.6 Å². The first kappa shape index (κ1) is 18.7. The second-order valence-electron chi connectivity index (χ2n) is 6.15. The number of methoxy groups -OCH3 is 2. The van der Waals surface area contributed by atoms with E-state index < -0.39 is 0 Å². The van der Waals surface area contributed by atoms with E-state index in [1.165, 1.54) is 0 Å². The van der Waals surface area contributed by atoms with Gasteiger partial charge in [0.25, 0.3) is 0 Å². The van der Waals surface area contributed by atoms with Crippen LogP contribution in [0.15, 0.2) is 47.6 Å². The third kappa shape index (κ3) is 3.58. The highest BCUT2D eigenvalue weighted by atomic mass is 16.6. The van der Waals surface area contributed by atoms with Crippen LogP contribution >= 0.6 is 0 Å². The minimum atomic E-state index is 0.743. The van der Waals surface area contributed by atoms with Crippen molar-refractivity contribution in [2.24, 2.45) is 5.16 Å². The van der Waals surface area contributed by atoms with Crippen molar-refractivity contribution in [3.63, 3.8) is 0 Å². The van der Waals surface area contributed by atoms with Gasteiger partial charge in [-0.25, -0.2) is 0 Å². The van der Waals surface area contributed by atoms with Crippen LogP contribution in [0.5, 0.6) is 11.5 Å². The molecule has 0 atom stereocenters. The van der Waals surface area contributed by atoms with Gasteiger partial charge in [-0.05, 0) is 31.5 Å². The Kier molecular flexibility index (Phi) is 5.60. The Morgan fingerprint density at radius 1 is 1.00 bits per heavy atom. The van der Waals surface area contributed by atoms with Gasteiger partial charge in [-0.3, -0.25) is 4.98 Å². The molecule has 0 amide bonds. The maximum Gasteiger partial charge on any atom is 0.130 e. The summed E-state index contributed by atoms with van der Waals surface area (Å²) in [4.78, 5) is 9.87. The van der Waals surface area contributed by atoms with Crippen LogP contribution in [0.3, 0.4) is 0 Å². The molecule has 0 saturated carbocycles. The molecular formula is C22H24N2O3. The van der Waals surface area contributed by atoms with Crippen LogP contribution in [0.2, 0.25) is 0 Å². The monoisotopic (exact) mass is 364 g/mol. The highest BCUT2D eigenvalue weighted by Crippen LogP contribution is 2.37. The van der Waals surface area contributed by atoms with Gasteiger partial charge in [-0.2, -0.15) is 0 Å². The molecular weight excluding hydrogens is 340 g/mol. The van der Waals surface area contributed by atoms with Crippen molar-refractivity contribution in [2.45, 2.75) is 20.3 Å². The predicted octanol–water partition coefficient (Wildman–Crippen LogP) is 4.99. The number of hydrogen-bond donors (Lipinski definition) is 0. The second kappa shape index (κ2) is 8.08. The summed E-state index contributed by atoms with van der Waals surface area (Å²) < 4.78 is 10.9. The Balaban J connectivity index is 2.31. The first-order valence-corrected chi connectivity index (χ1v) is 8.86. The van der Waals surface area contributed by atoms with Crippen molar-refractivity contribution in [3.05, 3.63) is 53.7 Å². The summed E-state index contributed by atoms with van der Waals surface area (Å²) in [6, 6.07) is 14.0. The van der Waals surface area contributed by atoms with Crippen molar-refractivity contribution in [2.75, 3.05) is 21.3 Å². The summed E-state index contributed by atoms with van der Waals surface area (Å²) in [5, 5.41) is 5.25. The van der Waals surface area contributed by atoms with E-state index in [0.717, 1.165) is 56.9 Å². The predicted molar refractivity (Wildman–Crippen MR) is 109 cm³/mol. The molecule has 5 heteroatoms. The minimum Gasteiger partial charge on any atom is -0.497 e. The maximum absolute atomic E-state index is 5.61.